The number of carbonyl (C=O) groups is 1. The van der Waals surface area contributed by atoms with E-state index in [0.29, 0.717) is 50.1 Å². The Morgan fingerprint density at radius 3 is 2.56 bits per heavy atom. The van der Waals surface area contributed by atoms with Crippen molar-refractivity contribution in [2.45, 2.75) is 50.2 Å². The number of fused-ring (bicyclic) bond motifs is 1. The number of nitrogens with zero attached hydrogens (tertiary/aromatic N) is 4. The maximum atomic E-state index is 12.1. The summed E-state index contributed by atoms with van der Waals surface area (Å²) in [6, 6.07) is 9.09. The molecule has 2 aliphatic heterocycles. The van der Waals surface area contributed by atoms with E-state index in [1.807, 2.05) is 18.7 Å². The monoisotopic (exact) mass is 484 g/mol. The average molecular weight is 485 g/mol. The molecule has 10 heteroatoms. The van der Waals surface area contributed by atoms with Gasteiger partial charge in [-0.15, -0.1) is 0 Å². The highest BCUT2D eigenvalue weighted by atomic mass is 32.2. The van der Waals surface area contributed by atoms with Crippen molar-refractivity contribution in [3.05, 3.63) is 41.6 Å². The lowest BCUT2D eigenvalue weighted by molar-refractivity contribution is 0.0507. The van der Waals surface area contributed by atoms with Crippen LogP contribution in [0.4, 0.5) is 16.2 Å². The number of hydrogen-bond acceptors (Lipinski definition) is 8. The van der Waals surface area contributed by atoms with Gasteiger partial charge in [0.15, 0.2) is 9.84 Å². The third-order valence-corrected chi connectivity index (χ3v) is 7.10. The van der Waals surface area contributed by atoms with Crippen molar-refractivity contribution in [1.82, 2.24) is 9.88 Å². The van der Waals surface area contributed by atoms with Crippen LogP contribution >= 0.6 is 0 Å². The lowest BCUT2D eigenvalue weighted by atomic mass is 10.1. The van der Waals surface area contributed by atoms with Crippen LogP contribution in [0.25, 0.3) is 0 Å². The van der Waals surface area contributed by atoms with Crippen LogP contribution in [0, 0.1) is 11.3 Å². The first-order chi connectivity index (χ1) is 16.2. The Labute approximate surface area is 199 Å². The van der Waals surface area contributed by atoms with E-state index in [9.17, 15) is 18.5 Å². The first-order valence-electron chi connectivity index (χ1n) is 11.3. The van der Waals surface area contributed by atoms with Crippen LogP contribution in [0.3, 0.4) is 0 Å². The van der Waals surface area contributed by atoms with Crippen molar-refractivity contribution < 1.29 is 22.7 Å². The molecule has 0 spiro atoms. The van der Waals surface area contributed by atoms with Gasteiger partial charge in [0.1, 0.15) is 17.7 Å². The topological polar surface area (TPSA) is 113 Å². The van der Waals surface area contributed by atoms with E-state index in [4.69, 9.17) is 9.47 Å². The first kappa shape index (κ1) is 23.8. The van der Waals surface area contributed by atoms with Crippen molar-refractivity contribution in [1.29, 1.82) is 5.26 Å². The van der Waals surface area contributed by atoms with Gasteiger partial charge >= 0.3 is 6.09 Å². The number of nitriles is 1. The Morgan fingerprint density at radius 2 is 1.91 bits per heavy atom. The van der Waals surface area contributed by atoms with E-state index >= 15 is 0 Å². The number of sulfone groups is 1. The van der Waals surface area contributed by atoms with Gasteiger partial charge in [-0.25, -0.2) is 18.2 Å². The predicted molar refractivity (Wildman–Crippen MR) is 126 cm³/mol. The van der Waals surface area contributed by atoms with Gasteiger partial charge in [-0.3, -0.25) is 0 Å². The number of benzene rings is 1. The molecule has 2 aromatic rings. The number of hydrogen-bond donors (Lipinski definition) is 0. The summed E-state index contributed by atoms with van der Waals surface area (Å²) < 4.78 is 35.2. The second kappa shape index (κ2) is 9.50. The van der Waals surface area contributed by atoms with Gasteiger partial charge in [0.25, 0.3) is 0 Å². The number of aromatic nitrogens is 1. The fraction of sp³-hybridized carbons (Fsp3) is 0.458. The highest BCUT2D eigenvalue weighted by Crippen LogP contribution is 2.39. The van der Waals surface area contributed by atoms with Crippen LogP contribution < -0.4 is 9.64 Å². The summed E-state index contributed by atoms with van der Waals surface area (Å²) in [6.07, 6.45) is 4.06. The summed E-state index contributed by atoms with van der Waals surface area (Å²) >= 11 is 0. The SMILES string of the molecule is CC(C)OC(=O)N1CCC(Oc2nccc(N3CCc4cc(S(C)(=O)=O)ccc43)c2C#N)CC1. The van der Waals surface area contributed by atoms with Crippen molar-refractivity contribution in [3.63, 3.8) is 0 Å². The zero-order valence-electron chi connectivity index (χ0n) is 19.5. The van der Waals surface area contributed by atoms with Crippen molar-refractivity contribution in [2.24, 2.45) is 0 Å². The molecular formula is C24H28N4O5S. The van der Waals surface area contributed by atoms with Gasteiger partial charge in [-0.2, -0.15) is 5.26 Å². The summed E-state index contributed by atoms with van der Waals surface area (Å²) in [6.45, 7) is 5.29. The summed E-state index contributed by atoms with van der Waals surface area (Å²) in [7, 11) is -3.29. The molecule has 2 aliphatic rings. The second-order valence-corrected chi connectivity index (χ2v) is 10.8. The van der Waals surface area contributed by atoms with Gasteiger partial charge in [0.05, 0.1) is 16.7 Å². The number of carbonyl (C=O) groups excluding carboxylic acids is 1. The molecule has 9 nitrogen and oxygen atoms in total. The number of amides is 1. The van der Waals surface area contributed by atoms with E-state index in [0.717, 1.165) is 11.3 Å². The lowest BCUT2D eigenvalue weighted by Crippen LogP contribution is -2.42. The third kappa shape index (κ3) is 4.94. The van der Waals surface area contributed by atoms with Crippen LogP contribution in [0.1, 0.15) is 37.8 Å². The van der Waals surface area contributed by atoms with Gasteiger partial charge in [0.2, 0.25) is 5.88 Å². The fourth-order valence-electron chi connectivity index (χ4n) is 4.30. The van der Waals surface area contributed by atoms with E-state index in [1.54, 1.807) is 35.4 Å². The predicted octanol–water partition coefficient (Wildman–Crippen LogP) is 3.44. The molecule has 1 aromatic carbocycles. The summed E-state index contributed by atoms with van der Waals surface area (Å²) in [5, 5.41) is 9.94. The summed E-state index contributed by atoms with van der Waals surface area (Å²) in [4.78, 5) is 20.4. The average Bonchev–Trinajstić information content (AvgIpc) is 3.21. The van der Waals surface area contributed by atoms with Gasteiger partial charge in [0, 0.05) is 50.6 Å². The number of rotatable bonds is 5. The fourth-order valence-corrected chi connectivity index (χ4v) is 4.97. The quantitative estimate of drug-likeness (QED) is 0.634. The van der Waals surface area contributed by atoms with Crippen LogP contribution in [-0.4, -0.2) is 62.5 Å². The molecule has 180 valence electrons. The van der Waals surface area contributed by atoms with Crippen LogP contribution in [0.15, 0.2) is 35.4 Å². The minimum absolute atomic E-state index is 0.166. The highest BCUT2D eigenvalue weighted by molar-refractivity contribution is 7.90. The summed E-state index contributed by atoms with van der Waals surface area (Å²) in [5.41, 5.74) is 2.81. The van der Waals surface area contributed by atoms with Gasteiger partial charge in [-0.05, 0) is 50.1 Å². The maximum absolute atomic E-state index is 12.1. The standard InChI is InChI=1S/C24H28N4O5S/c1-16(2)32-24(29)27-11-8-18(9-12-27)33-23-20(15-25)22(6-10-26-23)28-13-7-17-14-19(34(3,30)31)4-5-21(17)28/h4-6,10,14,16,18H,7-9,11-13H2,1-3H3. The Balaban J connectivity index is 1.51. The molecule has 1 saturated heterocycles. The van der Waals surface area contributed by atoms with Crippen molar-refractivity contribution in [3.8, 4) is 11.9 Å². The molecule has 1 fully saturated rings. The smallest absolute Gasteiger partial charge is 0.410 e. The molecule has 0 atom stereocenters. The first-order valence-corrected chi connectivity index (χ1v) is 13.2. The Hall–Kier alpha value is -3.32. The zero-order valence-corrected chi connectivity index (χ0v) is 20.3. The van der Waals surface area contributed by atoms with Crippen molar-refractivity contribution >= 4 is 27.3 Å². The Kier molecular flexibility index (Phi) is 6.66. The van der Waals surface area contributed by atoms with Gasteiger partial charge < -0.3 is 19.3 Å². The van der Waals surface area contributed by atoms with E-state index in [1.165, 1.54) is 6.26 Å². The Bertz CT molecular complexity index is 1230. The molecule has 3 heterocycles. The van der Waals surface area contributed by atoms with Crippen molar-refractivity contribution in [2.75, 3.05) is 30.8 Å². The molecule has 1 amide bonds. The van der Waals surface area contributed by atoms with Crippen LogP contribution in [-0.2, 0) is 21.0 Å². The molecule has 0 N–H and O–H groups in total. The lowest BCUT2D eigenvalue weighted by Gasteiger charge is -2.32. The number of pyridine rings is 1. The number of piperidine rings is 1. The zero-order chi connectivity index (χ0) is 24.5. The molecule has 0 bridgehead atoms. The molecule has 1 aromatic heterocycles. The van der Waals surface area contributed by atoms with E-state index < -0.39 is 9.84 Å². The van der Waals surface area contributed by atoms with E-state index in [2.05, 4.69) is 11.1 Å². The molecule has 0 aliphatic carbocycles. The highest BCUT2D eigenvalue weighted by Gasteiger charge is 2.29. The number of likely N-dealkylation sites (tertiary alicyclic amines) is 1. The van der Waals surface area contributed by atoms with Gasteiger partial charge in [-0.1, -0.05) is 0 Å². The maximum Gasteiger partial charge on any atom is 0.410 e. The Morgan fingerprint density at radius 1 is 1.18 bits per heavy atom. The molecule has 34 heavy (non-hydrogen) atoms. The minimum atomic E-state index is -3.29. The third-order valence-electron chi connectivity index (χ3n) is 5.99. The molecule has 0 saturated carbocycles. The molecular weight excluding hydrogens is 456 g/mol. The second-order valence-electron chi connectivity index (χ2n) is 8.82. The molecule has 0 radical (unpaired) electrons. The largest absolute Gasteiger partial charge is 0.473 e. The molecule has 0 unspecified atom stereocenters. The minimum Gasteiger partial charge on any atom is -0.473 e. The normalized spacial score (nSPS) is 16.3. The summed E-state index contributed by atoms with van der Waals surface area (Å²) in [5.74, 6) is 0.268. The van der Waals surface area contributed by atoms with Crippen LogP contribution in [0.5, 0.6) is 5.88 Å². The number of anilines is 2. The molecule has 4 rings (SSSR count). The number of ether oxygens (including phenoxy) is 2. The van der Waals surface area contributed by atoms with E-state index in [-0.39, 0.29) is 29.1 Å². The van der Waals surface area contributed by atoms with Crippen LogP contribution in [0.2, 0.25) is 0 Å².